The van der Waals surface area contributed by atoms with Gasteiger partial charge in [0.2, 0.25) is 0 Å². The highest BCUT2D eigenvalue weighted by molar-refractivity contribution is 6.00. The molecule has 0 aliphatic carbocycles. The van der Waals surface area contributed by atoms with Crippen molar-refractivity contribution in [2.75, 3.05) is 18.9 Å². The smallest absolute Gasteiger partial charge is 0.253 e. The number of hydrogen-bond acceptors (Lipinski definition) is 3. The number of nitrogens with one attached hydrogen (secondary N) is 1. The summed E-state index contributed by atoms with van der Waals surface area (Å²) in [5.41, 5.74) is 7.60. The third kappa shape index (κ3) is 3.74. The molecule has 0 radical (unpaired) electrons. The molecule has 100 valence electrons. The lowest BCUT2D eigenvalue weighted by Crippen LogP contribution is -2.35. The molecule has 0 atom stereocenters. The van der Waals surface area contributed by atoms with E-state index in [0.29, 0.717) is 24.2 Å². The molecule has 0 aliphatic rings. The van der Waals surface area contributed by atoms with E-state index < -0.39 is 0 Å². The summed E-state index contributed by atoms with van der Waals surface area (Å²) < 4.78 is 0. The largest absolute Gasteiger partial charge is 0.398 e. The summed E-state index contributed by atoms with van der Waals surface area (Å²) >= 11 is 0. The molecule has 0 fully saturated rings. The third-order valence-electron chi connectivity index (χ3n) is 3.05. The molecule has 0 saturated heterocycles. The van der Waals surface area contributed by atoms with Crippen LogP contribution in [0.1, 0.15) is 36.2 Å². The highest BCUT2D eigenvalue weighted by Gasteiger charge is 2.20. The van der Waals surface area contributed by atoms with E-state index >= 15 is 0 Å². The van der Waals surface area contributed by atoms with Gasteiger partial charge in [0.1, 0.15) is 0 Å². The Morgan fingerprint density at radius 2 is 2.11 bits per heavy atom. The van der Waals surface area contributed by atoms with Crippen molar-refractivity contribution in [3.63, 3.8) is 0 Å². The number of aliphatic hydroxyl groups excluding tert-OH is 1. The zero-order valence-corrected chi connectivity index (χ0v) is 11.3. The maximum atomic E-state index is 12.1. The maximum absolute atomic E-state index is 12.1. The Labute approximate surface area is 108 Å². The van der Waals surface area contributed by atoms with E-state index in [-0.39, 0.29) is 17.9 Å². The molecular weight excluding hydrogens is 228 g/mol. The number of benzene rings is 1. The van der Waals surface area contributed by atoms with Crippen LogP contribution in [0.25, 0.3) is 0 Å². The van der Waals surface area contributed by atoms with Crippen LogP contribution in [0, 0.1) is 12.3 Å². The van der Waals surface area contributed by atoms with Crippen molar-refractivity contribution in [3.05, 3.63) is 29.3 Å². The van der Waals surface area contributed by atoms with E-state index in [1.807, 2.05) is 32.9 Å². The first kappa shape index (κ1) is 14.5. The number of aliphatic hydroxyl groups is 1. The van der Waals surface area contributed by atoms with Crippen LogP contribution >= 0.6 is 0 Å². The minimum atomic E-state index is -0.156. The monoisotopic (exact) mass is 250 g/mol. The number of carbonyl (C=O) groups excluding carboxylic acids is 1. The fourth-order valence-electron chi connectivity index (χ4n) is 1.80. The normalized spacial score (nSPS) is 11.3. The molecule has 1 rings (SSSR count). The predicted octanol–water partition coefficient (Wildman–Crippen LogP) is 1.72. The summed E-state index contributed by atoms with van der Waals surface area (Å²) in [6.07, 6.45) is 0.649. The quantitative estimate of drug-likeness (QED) is 0.696. The number of aryl methyl sites for hydroxylation is 1. The van der Waals surface area contributed by atoms with Crippen molar-refractivity contribution in [2.24, 2.45) is 5.41 Å². The van der Waals surface area contributed by atoms with Gasteiger partial charge in [0.25, 0.3) is 5.91 Å². The lowest BCUT2D eigenvalue weighted by Gasteiger charge is -2.24. The first-order chi connectivity index (χ1) is 8.37. The van der Waals surface area contributed by atoms with Gasteiger partial charge in [0.15, 0.2) is 0 Å². The summed E-state index contributed by atoms with van der Waals surface area (Å²) in [6.45, 7) is 6.51. The fraction of sp³-hybridized carbons (Fsp3) is 0.500. The molecule has 1 aromatic carbocycles. The van der Waals surface area contributed by atoms with Crippen molar-refractivity contribution in [1.29, 1.82) is 0 Å². The molecule has 18 heavy (non-hydrogen) atoms. The Kier molecular flexibility index (Phi) is 4.73. The molecular formula is C14H22N2O2. The fourth-order valence-corrected chi connectivity index (χ4v) is 1.80. The predicted molar refractivity (Wildman–Crippen MR) is 73.4 cm³/mol. The van der Waals surface area contributed by atoms with E-state index in [1.165, 1.54) is 0 Å². The van der Waals surface area contributed by atoms with Crippen LogP contribution in [-0.4, -0.2) is 24.2 Å². The van der Waals surface area contributed by atoms with E-state index in [4.69, 9.17) is 10.8 Å². The Balaban J connectivity index is 2.72. The van der Waals surface area contributed by atoms with Gasteiger partial charge in [-0.15, -0.1) is 0 Å². The lowest BCUT2D eigenvalue weighted by molar-refractivity contribution is 0.0928. The number of hydrogen-bond donors (Lipinski definition) is 3. The molecule has 1 aromatic rings. The lowest BCUT2D eigenvalue weighted by atomic mass is 9.89. The van der Waals surface area contributed by atoms with Gasteiger partial charge < -0.3 is 16.2 Å². The van der Waals surface area contributed by atoms with Gasteiger partial charge in [-0.05, 0) is 30.4 Å². The van der Waals surface area contributed by atoms with Gasteiger partial charge >= 0.3 is 0 Å². The van der Waals surface area contributed by atoms with Crippen molar-refractivity contribution in [3.8, 4) is 0 Å². The highest BCUT2D eigenvalue weighted by Crippen LogP contribution is 2.20. The Hall–Kier alpha value is -1.55. The molecule has 4 nitrogen and oxygen atoms in total. The third-order valence-corrected chi connectivity index (χ3v) is 3.05. The van der Waals surface area contributed by atoms with Crippen LogP contribution < -0.4 is 11.1 Å². The van der Waals surface area contributed by atoms with Gasteiger partial charge in [-0.2, -0.15) is 0 Å². The van der Waals surface area contributed by atoms with Crippen LogP contribution in [0.4, 0.5) is 5.69 Å². The zero-order chi connectivity index (χ0) is 13.8. The van der Waals surface area contributed by atoms with Crippen LogP contribution in [0.2, 0.25) is 0 Å². The summed E-state index contributed by atoms with van der Waals surface area (Å²) in [4.78, 5) is 12.1. The van der Waals surface area contributed by atoms with Crippen molar-refractivity contribution in [2.45, 2.75) is 27.2 Å². The van der Waals surface area contributed by atoms with Gasteiger partial charge in [-0.3, -0.25) is 4.79 Å². The van der Waals surface area contributed by atoms with Gasteiger partial charge in [0, 0.05) is 18.8 Å². The number of anilines is 1. The molecule has 0 spiro atoms. The summed E-state index contributed by atoms with van der Waals surface area (Å²) in [5, 5.41) is 11.8. The Morgan fingerprint density at radius 1 is 1.44 bits per heavy atom. The summed E-state index contributed by atoms with van der Waals surface area (Å²) in [5.74, 6) is -0.156. The SMILES string of the molecule is Cc1cccc(N)c1C(=O)NCC(C)(C)CCO. The van der Waals surface area contributed by atoms with Crippen molar-refractivity contribution in [1.82, 2.24) is 5.32 Å². The van der Waals surface area contributed by atoms with Crippen LogP contribution in [0.15, 0.2) is 18.2 Å². The summed E-state index contributed by atoms with van der Waals surface area (Å²) in [6, 6.07) is 5.42. The zero-order valence-electron chi connectivity index (χ0n) is 11.3. The maximum Gasteiger partial charge on any atom is 0.253 e. The van der Waals surface area contributed by atoms with Crippen LogP contribution in [0.5, 0.6) is 0 Å². The molecule has 1 amide bonds. The number of nitrogen functional groups attached to an aromatic ring is 1. The molecule has 0 saturated carbocycles. The second kappa shape index (κ2) is 5.87. The van der Waals surface area contributed by atoms with E-state index in [2.05, 4.69) is 5.32 Å². The van der Waals surface area contributed by atoms with Gasteiger partial charge in [0.05, 0.1) is 5.56 Å². The molecule has 0 unspecified atom stereocenters. The van der Waals surface area contributed by atoms with E-state index in [1.54, 1.807) is 6.07 Å². The van der Waals surface area contributed by atoms with Crippen LogP contribution in [0.3, 0.4) is 0 Å². The molecule has 0 bridgehead atoms. The second-order valence-electron chi connectivity index (χ2n) is 5.36. The summed E-state index contributed by atoms with van der Waals surface area (Å²) in [7, 11) is 0. The molecule has 4 N–H and O–H groups in total. The van der Waals surface area contributed by atoms with Gasteiger partial charge in [-0.25, -0.2) is 0 Å². The first-order valence-electron chi connectivity index (χ1n) is 6.11. The first-order valence-corrected chi connectivity index (χ1v) is 6.11. The number of carbonyl (C=O) groups is 1. The number of rotatable bonds is 5. The average Bonchev–Trinajstić information content (AvgIpc) is 2.26. The van der Waals surface area contributed by atoms with Gasteiger partial charge in [-0.1, -0.05) is 26.0 Å². The number of nitrogens with two attached hydrogens (primary N) is 1. The minimum Gasteiger partial charge on any atom is -0.398 e. The number of amides is 1. The van der Waals surface area contributed by atoms with Crippen molar-refractivity contribution >= 4 is 11.6 Å². The molecule has 0 aromatic heterocycles. The van der Waals surface area contributed by atoms with E-state index in [9.17, 15) is 4.79 Å². The van der Waals surface area contributed by atoms with Crippen molar-refractivity contribution < 1.29 is 9.90 Å². The van der Waals surface area contributed by atoms with Crippen LogP contribution in [-0.2, 0) is 0 Å². The minimum absolute atomic E-state index is 0.120. The average molecular weight is 250 g/mol. The Morgan fingerprint density at radius 3 is 2.67 bits per heavy atom. The van der Waals surface area contributed by atoms with E-state index in [0.717, 1.165) is 5.56 Å². The highest BCUT2D eigenvalue weighted by atomic mass is 16.3. The second-order valence-corrected chi connectivity index (χ2v) is 5.36. The Bertz CT molecular complexity index is 408. The molecule has 4 heteroatoms. The topological polar surface area (TPSA) is 75.4 Å². The molecule has 0 aliphatic heterocycles. The molecule has 0 heterocycles. The standard InChI is InChI=1S/C14H22N2O2/c1-10-5-4-6-11(15)12(10)13(18)16-9-14(2,3)7-8-17/h4-6,17H,7-9,15H2,1-3H3,(H,16,18).